The molecule has 0 aliphatic carbocycles. The maximum Gasteiger partial charge on any atom is 0.252 e. The van der Waals surface area contributed by atoms with Crippen LogP contribution in [0.25, 0.3) is 0 Å². The zero-order valence-corrected chi connectivity index (χ0v) is 16.9. The lowest BCUT2D eigenvalue weighted by atomic mass is 10.2. The highest BCUT2D eigenvalue weighted by Crippen LogP contribution is 2.25. The molecule has 0 spiro atoms. The van der Waals surface area contributed by atoms with E-state index < -0.39 is 0 Å². The second kappa shape index (κ2) is 8.27. The van der Waals surface area contributed by atoms with E-state index in [1.165, 1.54) is 35.2 Å². The number of aromatic amines is 1. The van der Waals surface area contributed by atoms with Gasteiger partial charge in [0.05, 0.1) is 11.4 Å². The topological polar surface area (TPSA) is 78.0 Å². The zero-order chi connectivity index (χ0) is 19.5. The Morgan fingerprint density at radius 3 is 2.64 bits per heavy atom. The number of hydrogen-bond acceptors (Lipinski definition) is 8. The van der Waals surface area contributed by atoms with E-state index in [1.54, 1.807) is 12.1 Å². The number of hydrogen-bond donors (Lipinski definition) is 1. The van der Waals surface area contributed by atoms with Gasteiger partial charge >= 0.3 is 0 Å². The fourth-order valence-electron chi connectivity index (χ4n) is 3.06. The first-order chi connectivity index (χ1) is 13.6. The summed E-state index contributed by atoms with van der Waals surface area (Å²) in [7, 11) is 0. The summed E-state index contributed by atoms with van der Waals surface area (Å²) < 4.78 is 14.9. The third-order valence-electron chi connectivity index (χ3n) is 4.41. The van der Waals surface area contributed by atoms with E-state index >= 15 is 0 Å². The van der Waals surface area contributed by atoms with Gasteiger partial charge in [0.15, 0.2) is 4.34 Å². The van der Waals surface area contributed by atoms with Gasteiger partial charge in [-0.1, -0.05) is 35.2 Å². The van der Waals surface area contributed by atoms with Crippen LogP contribution in [0.2, 0.25) is 0 Å². The van der Waals surface area contributed by atoms with E-state index in [4.69, 9.17) is 0 Å². The normalized spacial score (nSPS) is 14.5. The van der Waals surface area contributed by atoms with E-state index in [9.17, 15) is 9.18 Å². The van der Waals surface area contributed by atoms with Gasteiger partial charge in [-0.2, -0.15) is 0 Å². The highest BCUT2D eigenvalue weighted by molar-refractivity contribution is 8.00. The van der Waals surface area contributed by atoms with Gasteiger partial charge in [-0.3, -0.25) is 9.78 Å². The molecule has 0 saturated carbocycles. The van der Waals surface area contributed by atoms with Crippen LogP contribution in [0.4, 0.5) is 16.0 Å². The Labute approximate surface area is 169 Å². The average molecular weight is 419 g/mol. The molecule has 1 aromatic carbocycles. The fraction of sp³-hybridized carbons (Fsp3) is 0.333. The van der Waals surface area contributed by atoms with Gasteiger partial charge in [-0.15, -0.1) is 10.2 Å². The number of anilines is 2. The highest BCUT2D eigenvalue weighted by atomic mass is 32.2. The minimum Gasteiger partial charge on any atom is -0.366 e. The van der Waals surface area contributed by atoms with E-state index in [1.807, 2.05) is 22.8 Å². The second-order valence-corrected chi connectivity index (χ2v) is 8.77. The van der Waals surface area contributed by atoms with Crippen molar-refractivity contribution in [3.8, 4) is 0 Å². The van der Waals surface area contributed by atoms with Crippen LogP contribution in [0.1, 0.15) is 10.7 Å². The molecule has 0 atom stereocenters. The molecule has 1 fully saturated rings. The van der Waals surface area contributed by atoms with Crippen LogP contribution in [0, 0.1) is 12.7 Å². The van der Waals surface area contributed by atoms with Crippen LogP contribution in [0.5, 0.6) is 0 Å². The summed E-state index contributed by atoms with van der Waals surface area (Å²) in [5.74, 6) is 0.902. The number of aryl methyl sites for hydroxylation is 1. The Kier molecular flexibility index (Phi) is 5.58. The first-order valence-electron chi connectivity index (χ1n) is 8.86. The monoisotopic (exact) mass is 418 g/mol. The summed E-state index contributed by atoms with van der Waals surface area (Å²) in [5, 5.41) is 8.99. The predicted octanol–water partition coefficient (Wildman–Crippen LogP) is 2.69. The molecule has 0 bridgehead atoms. The van der Waals surface area contributed by atoms with Crippen molar-refractivity contribution in [2.45, 2.75) is 17.0 Å². The second-order valence-electron chi connectivity index (χ2n) is 6.36. The molecular formula is C18H19FN6OS2. The third-order valence-corrected chi connectivity index (χ3v) is 6.41. The number of aromatic nitrogens is 4. The molecule has 2 aromatic heterocycles. The maximum atomic E-state index is 14.0. The van der Waals surface area contributed by atoms with Crippen LogP contribution >= 0.6 is 23.1 Å². The van der Waals surface area contributed by atoms with Crippen molar-refractivity contribution in [1.29, 1.82) is 0 Å². The smallest absolute Gasteiger partial charge is 0.252 e. The molecular weight excluding hydrogens is 399 g/mol. The van der Waals surface area contributed by atoms with Crippen LogP contribution in [0.15, 0.2) is 39.5 Å². The third kappa shape index (κ3) is 4.33. The summed E-state index contributed by atoms with van der Waals surface area (Å²) in [6.45, 7) is 4.54. The lowest BCUT2D eigenvalue weighted by Gasteiger charge is -2.36. The molecule has 0 radical (unpaired) electrons. The van der Waals surface area contributed by atoms with Crippen molar-refractivity contribution >= 4 is 34.7 Å². The molecule has 1 aliphatic rings. The molecule has 0 amide bonds. The van der Waals surface area contributed by atoms with Gasteiger partial charge in [0.1, 0.15) is 10.8 Å². The summed E-state index contributed by atoms with van der Waals surface area (Å²) in [6, 6.07) is 8.31. The molecule has 1 aliphatic heterocycles. The number of para-hydroxylation sites is 1. The van der Waals surface area contributed by atoms with Crippen molar-refractivity contribution in [3.05, 3.63) is 57.2 Å². The summed E-state index contributed by atoms with van der Waals surface area (Å²) >= 11 is 3.04. The quantitative estimate of drug-likeness (QED) is 0.638. The van der Waals surface area contributed by atoms with Crippen molar-refractivity contribution in [3.63, 3.8) is 0 Å². The molecule has 10 heteroatoms. The van der Waals surface area contributed by atoms with Crippen molar-refractivity contribution in [2.75, 3.05) is 36.0 Å². The molecule has 1 N–H and O–H groups in total. The Balaban J connectivity index is 1.42. The summed E-state index contributed by atoms with van der Waals surface area (Å²) in [5.41, 5.74) is 1.14. The Morgan fingerprint density at radius 1 is 1.18 bits per heavy atom. The molecule has 4 rings (SSSR count). The highest BCUT2D eigenvalue weighted by Gasteiger charge is 2.21. The van der Waals surface area contributed by atoms with Crippen LogP contribution < -0.4 is 15.4 Å². The molecule has 1 saturated heterocycles. The van der Waals surface area contributed by atoms with Crippen molar-refractivity contribution in [1.82, 2.24) is 20.2 Å². The molecule has 3 heterocycles. The Bertz CT molecular complexity index is 1020. The van der Waals surface area contributed by atoms with E-state index in [0.717, 1.165) is 9.35 Å². The van der Waals surface area contributed by atoms with Gasteiger partial charge in [-0.25, -0.2) is 9.37 Å². The van der Waals surface area contributed by atoms with Gasteiger partial charge in [-0.05, 0) is 19.1 Å². The number of benzene rings is 1. The number of nitrogens with zero attached hydrogens (tertiary/aromatic N) is 5. The number of piperazine rings is 1. The van der Waals surface area contributed by atoms with Gasteiger partial charge in [0, 0.05) is 38.0 Å². The van der Waals surface area contributed by atoms with Crippen LogP contribution in [-0.4, -0.2) is 46.3 Å². The molecule has 146 valence electrons. The number of thioether (sulfide) groups is 1. The Hall–Kier alpha value is -2.46. The lowest BCUT2D eigenvalue weighted by Crippen LogP contribution is -2.47. The maximum absolute atomic E-state index is 14.0. The average Bonchev–Trinajstić information content (AvgIpc) is 3.12. The van der Waals surface area contributed by atoms with Gasteiger partial charge < -0.3 is 9.80 Å². The summed E-state index contributed by atoms with van der Waals surface area (Å²) in [4.78, 5) is 23.6. The SMILES string of the molecule is Cc1nnc(SCc2cc(=O)[nH]c(N3CCN(c4ccccc4F)CC3)n2)s1. The standard InChI is InChI=1S/C18H19FN6OS2/c1-12-22-23-18(28-12)27-11-13-10-16(26)21-17(20-13)25-8-6-24(7-9-25)15-5-3-2-4-14(15)19/h2-5,10H,6-9,11H2,1H3,(H,20,21,26). The molecule has 0 unspecified atom stereocenters. The molecule has 28 heavy (non-hydrogen) atoms. The van der Waals surface area contributed by atoms with Gasteiger partial charge in [0.2, 0.25) is 5.95 Å². The van der Waals surface area contributed by atoms with E-state index in [0.29, 0.717) is 49.3 Å². The first kappa shape index (κ1) is 18.9. The van der Waals surface area contributed by atoms with E-state index in [2.05, 4.69) is 20.2 Å². The Morgan fingerprint density at radius 2 is 1.93 bits per heavy atom. The molecule has 7 nitrogen and oxygen atoms in total. The van der Waals surface area contributed by atoms with Crippen molar-refractivity contribution < 1.29 is 4.39 Å². The number of halogens is 1. The van der Waals surface area contributed by atoms with Gasteiger partial charge in [0.25, 0.3) is 5.56 Å². The first-order valence-corrected chi connectivity index (χ1v) is 10.7. The number of H-pyrrole nitrogens is 1. The van der Waals surface area contributed by atoms with Crippen LogP contribution in [-0.2, 0) is 5.75 Å². The minimum absolute atomic E-state index is 0.175. The lowest BCUT2D eigenvalue weighted by molar-refractivity contribution is 0.593. The number of nitrogens with one attached hydrogen (secondary N) is 1. The largest absolute Gasteiger partial charge is 0.366 e. The number of rotatable bonds is 5. The minimum atomic E-state index is -0.214. The van der Waals surface area contributed by atoms with Crippen LogP contribution in [0.3, 0.4) is 0 Å². The van der Waals surface area contributed by atoms with E-state index in [-0.39, 0.29) is 11.4 Å². The predicted molar refractivity (Wildman–Crippen MR) is 110 cm³/mol. The fourth-order valence-corrected chi connectivity index (χ4v) is 4.77. The summed E-state index contributed by atoms with van der Waals surface area (Å²) in [6.07, 6.45) is 0. The molecule has 3 aromatic rings. The zero-order valence-electron chi connectivity index (χ0n) is 15.3. The van der Waals surface area contributed by atoms with Crippen molar-refractivity contribution in [2.24, 2.45) is 0 Å².